The molecule has 0 N–H and O–H groups in total. The number of fused-ring (bicyclic) bond motifs is 1. The van der Waals surface area contributed by atoms with E-state index < -0.39 is 0 Å². The van der Waals surface area contributed by atoms with Gasteiger partial charge in [-0.15, -0.1) is 0 Å². The fraction of sp³-hybridized carbons (Fsp3) is 0.389. The Kier molecular flexibility index (Phi) is 5.20. The second kappa shape index (κ2) is 7.11. The van der Waals surface area contributed by atoms with Crippen LogP contribution in [0.15, 0.2) is 47.8 Å². The maximum absolute atomic E-state index is 5.28. The fourth-order valence-corrected chi connectivity index (χ4v) is 2.25. The van der Waals surface area contributed by atoms with Gasteiger partial charge in [0.25, 0.3) is 0 Å². The van der Waals surface area contributed by atoms with E-state index in [4.69, 9.17) is 4.74 Å². The van der Waals surface area contributed by atoms with Crippen LogP contribution in [0.5, 0.6) is 5.75 Å². The van der Waals surface area contributed by atoms with Crippen LogP contribution in [-0.4, -0.2) is 16.7 Å². The molecule has 0 fully saturated rings. The number of rotatable bonds is 6. The molecule has 1 heterocycles. The van der Waals surface area contributed by atoms with Crippen LogP contribution in [-0.2, 0) is 6.54 Å². The van der Waals surface area contributed by atoms with Gasteiger partial charge < -0.3 is 9.30 Å². The van der Waals surface area contributed by atoms with E-state index in [1.165, 1.54) is 11.1 Å². The Bertz CT molecular complexity index is 661. The van der Waals surface area contributed by atoms with Crippen molar-refractivity contribution in [2.75, 3.05) is 7.11 Å². The summed E-state index contributed by atoms with van der Waals surface area (Å²) in [5.74, 6) is 0.869. The van der Waals surface area contributed by atoms with Crippen molar-refractivity contribution < 1.29 is 4.74 Å². The zero-order valence-electron chi connectivity index (χ0n) is 13.4. The molecule has 3 nitrogen and oxygen atoms in total. The molecule has 0 aliphatic rings. The summed E-state index contributed by atoms with van der Waals surface area (Å²) in [6.45, 7) is 7.33. The van der Waals surface area contributed by atoms with Crippen molar-refractivity contribution >= 4 is 11.0 Å². The number of aromatic nitrogens is 2. The largest absolute Gasteiger partial charge is 0.497 e. The summed E-state index contributed by atoms with van der Waals surface area (Å²) in [5.41, 5.74) is 4.92. The van der Waals surface area contributed by atoms with Crippen LogP contribution in [0.3, 0.4) is 0 Å². The topological polar surface area (TPSA) is 27.1 Å². The molecule has 0 aliphatic carbocycles. The van der Waals surface area contributed by atoms with Crippen molar-refractivity contribution in [3.8, 4) is 5.75 Å². The molecule has 0 saturated carbocycles. The standard InChI is InChI=1S/C18H24N2O/c1-14(2)6-5-7-15(3)10-11-20-13-19-17-9-8-16(21-4)12-18(17)20/h6,8-10,12-13H,5,7,11H2,1-4H3/b15-10+. The second-order valence-corrected chi connectivity index (χ2v) is 5.62. The third-order valence-electron chi connectivity index (χ3n) is 3.56. The molecular weight excluding hydrogens is 260 g/mol. The molecule has 2 rings (SSSR count). The molecule has 0 bridgehead atoms. The van der Waals surface area contributed by atoms with Gasteiger partial charge >= 0.3 is 0 Å². The second-order valence-electron chi connectivity index (χ2n) is 5.62. The molecule has 0 amide bonds. The predicted molar refractivity (Wildman–Crippen MR) is 88.7 cm³/mol. The van der Waals surface area contributed by atoms with E-state index in [-0.39, 0.29) is 0 Å². The molecule has 1 aromatic carbocycles. The van der Waals surface area contributed by atoms with Crippen LogP contribution in [0.4, 0.5) is 0 Å². The Morgan fingerprint density at radius 3 is 2.76 bits per heavy atom. The normalized spacial score (nSPS) is 11.7. The lowest BCUT2D eigenvalue weighted by Crippen LogP contribution is -1.94. The number of nitrogens with zero attached hydrogens (tertiary/aromatic N) is 2. The number of hydrogen-bond donors (Lipinski definition) is 0. The fourth-order valence-electron chi connectivity index (χ4n) is 2.25. The van der Waals surface area contributed by atoms with E-state index >= 15 is 0 Å². The van der Waals surface area contributed by atoms with Gasteiger partial charge in [-0.3, -0.25) is 0 Å². The number of ether oxygens (including phenoxy) is 1. The Morgan fingerprint density at radius 1 is 1.24 bits per heavy atom. The number of methoxy groups -OCH3 is 1. The lowest BCUT2D eigenvalue weighted by molar-refractivity contribution is 0.415. The first-order valence-corrected chi connectivity index (χ1v) is 7.38. The van der Waals surface area contributed by atoms with Crippen LogP contribution < -0.4 is 4.74 Å². The van der Waals surface area contributed by atoms with Gasteiger partial charge in [-0.05, 0) is 45.7 Å². The number of hydrogen-bond acceptors (Lipinski definition) is 2. The Hall–Kier alpha value is -2.03. The summed E-state index contributed by atoms with van der Waals surface area (Å²) in [7, 11) is 1.69. The lowest BCUT2D eigenvalue weighted by Gasteiger charge is -2.04. The molecule has 2 aromatic rings. The summed E-state index contributed by atoms with van der Waals surface area (Å²) >= 11 is 0. The van der Waals surface area contributed by atoms with Crippen molar-refractivity contribution in [2.45, 2.75) is 40.2 Å². The number of imidazole rings is 1. The maximum atomic E-state index is 5.28. The molecule has 0 spiro atoms. The monoisotopic (exact) mass is 284 g/mol. The zero-order chi connectivity index (χ0) is 15.2. The van der Waals surface area contributed by atoms with E-state index in [1.54, 1.807) is 7.11 Å². The van der Waals surface area contributed by atoms with E-state index in [0.29, 0.717) is 0 Å². The highest BCUT2D eigenvalue weighted by Gasteiger charge is 2.03. The SMILES string of the molecule is COc1ccc2ncn(C/C=C(\C)CCC=C(C)C)c2c1. The minimum Gasteiger partial charge on any atom is -0.497 e. The zero-order valence-corrected chi connectivity index (χ0v) is 13.4. The van der Waals surface area contributed by atoms with E-state index in [1.807, 2.05) is 24.5 Å². The summed E-state index contributed by atoms with van der Waals surface area (Å²) < 4.78 is 7.44. The molecule has 0 unspecified atom stereocenters. The van der Waals surface area contributed by atoms with Gasteiger partial charge in [0, 0.05) is 12.6 Å². The highest BCUT2D eigenvalue weighted by atomic mass is 16.5. The van der Waals surface area contributed by atoms with Gasteiger partial charge in [0.05, 0.1) is 24.5 Å². The molecule has 1 aromatic heterocycles. The first-order chi connectivity index (χ1) is 10.1. The third-order valence-corrected chi connectivity index (χ3v) is 3.56. The molecule has 3 heteroatoms. The average molecular weight is 284 g/mol. The van der Waals surface area contributed by atoms with Gasteiger partial charge in [0.1, 0.15) is 5.75 Å². The minimum atomic E-state index is 0.852. The predicted octanol–water partition coefficient (Wildman–Crippen LogP) is 4.74. The van der Waals surface area contributed by atoms with Gasteiger partial charge in [0.15, 0.2) is 0 Å². The van der Waals surface area contributed by atoms with Gasteiger partial charge in [-0.25, -0.2) is 4.98 Å². The summed E-state index contributed by atoms with van der Waals surface area (Å²) in [6, 6.07) is 5.98. The van der Waals surface area contributed by atoms with Gasteiger partial charge in [-0.2, -0.15) is 0 Å². The minimum absolute atomic E-state index is 0.852. The summed E-state index contributed by atoms with van der Waals surface area (Å²) in [4.78, 5) is 4.43. The molecule has 0 saturated heterocycles. The van der Waals surface area contributed by atoms with Crippen LogP contribution in [0.1, 0.15) is 33.6 Å². The molecule has 112 valence electrons. The summed E-state index contributed by atoms with van der Waals surface area (Å²) in [6.07, 6.45) is 8.68. The van der Waals surface area contributed by atoms with Gasteiger partial charge in [0.2, 0.25) is 0 Å². The highest BCUT2D eigenvalue weighted by molar-refractivity contribution is 5.77. The smallest absolute Gasteiger partial charge is 0.121 e. The molecular formula is C18H24N2O. The van der Waals surface area contributed by atoms with Crippen molar-refractivity contribution in [3.05, 3.63) is 47.8 Å². The lowest BCUT2D eigenvalue weighted by atomic mass is 10.1. The van der Waals surface area contributed by atoms with Crippen LogP contribution in [0.25, 0.3) is 11.0 Å². The van der Waals surface area contributed by atoms with E-state index in [0.717, 1.165) is 36.2 Å². The first-order valence-electron chi connectivity index (χ1n) is 7.38. The van der Waals surface area contributed by atoms with Crippen molar-refractivity contribution in [2.24, 2.45) is 0 Å². The number of allylic oxidation sites excluding steroid dienone is 4. The van der Waals surface area contributed by atoms with Crippen molar-refractivity contribution in [1.29, 1.82) is 0 Å². The highest BCUT2D eigenvalue weighted by Crippen LogP contribution is 2.20. The van der Waals surface area contributed by atoms with Crippen LogP contribution >= 0.6 is 0 Å². The van der Waals surface area contributed by atoms with Crippen LogP contribution in [0, 0.1) is 0 Å². The average Bonchev–Trinajstić information content (AvgIpc) is 2.86. The Labute approximate surface area is 127 Å². The van der Waals surface area contributed by atoms with E-state index in [9.17, 15) is 0 Å². The Morgan fingerprint density at radius 2 is 2.05 bits per heavy atom. The molecule has 0 atom stereocenters. The number of benzene rings is 1. The third kappa shape index (κ3) is 4.22. The molecule has 0 radical (unpaired) electrons. The molecule has 21 heavy (non-hydrogen) atoms. The Balaban J connectivity index is 2.07. The van der Waals surface area contributed by atoms with Crippen LogP contribution in [0.2, 0.25) is 0 Å². The summed E-state index contributed by atoms with van der Waals surface area (Å²) in [5, 5.41) is 0. The maximum Gasteiger partial charge on any atom is 0.121 e. The quantitative estimate of drug-likeness (QED) is 0.716. The van der Waals surface area contributed by atoms with Crippen molar-refractivity contribution in [3.63, 3.8) is 0 Å². The molecule has 0 aliphatic heterocycles. The first kappa shape index (κ1) is 15.4. The van der Waals surface area contributed by atoms with Gasteiger partial charge in [-0.1, -0.05) is 23.3 Å². The van der Waals surface area contributed by atoms with Crippen molar-refractivity contribution in [1.82, 2.24) is 9.55 Å². The van der Waals surface area contributed by atoms with E-state index in [2.05, 4.69) is 42.5 Å².